The summed E-state index contributed by atoms with van der Waals surface area (Å²) < 4.78 is 12.2. The van der Waals surface area contributed by atoms with Gasteiger partial charge in [-0.05, 0) is 56.7 Å². The van der Waals surface area contributed by atoms with Gasteiger partial charge in [-0.3, -0.25) is 14.4 Å². The van der Waals surface area contributed by atoms with E-state index in [1.165, 1.54) is 4.90 Å². The Morgan fingerprint density at radius 2 is 1.95 bits per heavy atom. The number of benzene rings is 1. The third kappa shape index (κ3) is 4.10. The molecule has 1 aromatic rings. The molecule has 2 amide bonds. The highest BCUT2D eigenvalue weighted by atomic mass is 16.6. The maximum absolute atomic E-state index is 14.4. The highest BCUT2D eigenvalue weighted by molar-refractivity contribution is 6.06. The lowest BCUT2D eigenvalue weighted by Crippen LogP contribution is -2.58. The van der Waals surface area contributed by atoms with Crippen LogP contribution in [0.4, 0.5) is 5.69 Å². The first-order valence-electron chi connectivity index (χ1n) is 13.3. The van der Waals surface area contributed by atoms with Gasteiger partial charge in [0.1, 0.15) is 17.6 Å². The number of nitrogens with zero attached hydrogens (tertiary/aromatic N) is 2. The van der Waals surface area contributed by atoms with Gasteiger partial charge in [-0.1, -0.05) is 43.4 Å². The summed E-state index contributed by atoms with van der Waals surface area (Å²) in [4.78, 5) is 45.2. The number of ether oxygens (including phenoxy) is 2. The van der Waals surface area contributed by atoms with Crippen LogP contribution in [-0.2, 0) is 23.9 Å². The molecule has 8 nitrogen and oxygen atoms in total. The molecule has 4 aliphatic rings. The Hall–Kier alpha value is -2.97. The van der Waals surface area contributed by atoms with Crippen LogP contribution in [0.25, 0.3) is 0 Å². The van der Waals surface area contributed by atoms with Crippen LogP contribution in [0.2, 0.25) is 0 Å². The SMILES string of the molecule is CC[C@@H](CO)N1C(=O)[C@@H]2[C@H]3C(=O)OCCCC/C=C\[C@H]3O[C@@]23C=CCN(c2cc(C)ccc2C)C(=O)C13. The number of rotatable bonds is 4. The molecule has 1 spiro atoms. The van der Waals surface area contributed by atoms with Crippen LogP contribution in [0.3, 0.4) is 0 Å². The Morgan fingerprint density at radius 1 is 1.14 bits per heavy atom. The van der Waals surface area contributed by atoms with Crippen LogP contribution in [0.15, 0.2) is 42.5 Å². The fraction of sp³-hybridized carbons (Fsp3) is 0.552. The first-order chi connectivity index (χ1) is 17.8. The number of aryl methyl sites for hydroxylation is 2. The summed E-state index contributed by atoms with van der Waals surface area (Å²) in [7, 11) is 0. The van der Waals surface area contributed by atoms with Crippen molar-refractivity contribution in [3.05, 3.63) is 53.6 Å². The standard InChI is InChI=1S/C29H36N2O6/c1-4-20(17-32)31-25-27(34)30(21-16-18(2)11-12-19(21)3)14-9-13-29(25)24(26(31)33)23-22(37-29)10-7-5-6-8-15-36-28(23)35/h7,9-13,16,20,22-25,32H,4-6,8,14-15,17H2,1-3H3/b10-7-/t20-,22+,23-,24-,25?,29-/m0/s1. The minimum atomic E-state index is -1.34. The van der Waals surface area contributed by atoms with Crippen LogP contribution >= 0.6 is 0 Å². The van der Waals surface area contributed by atoms with Gasteiger partial charge in [0.05, 0.1) is 31.3 Å². The Morgan fingerprint density at radius 3 is 2.70 bits per heavy atom. The third-order valence-electron chi connectivity index (χ3n) is 8.27. The average Bonchev–Trinajstić information content (AvgIpc) is 3.27. The molecule has 0 bridgehead atoms. The Balaban J connectivity index is 1.65. The minimum absolute atomic E-state index is 0.275. The summed E-state index contributed by atoms with van der Waals surface area (Å²) in [6.07, 6.45) is 9.79. The number of anilines is 1. The Labute approximate surface area is 217 Å². The third-order valence-corrected chi connectivity index (χ3v) is 8.27. The van der Waals surface area contributed by atoms with Crippen LogP contribution in [0, 0.1) is 25.7 Å². The van der Waals surface area contributed by atoms with Gasteiger partial charge in [-0.25, -0.2) is 0 Å². The molecular formula is C29H36N2O6. The maximum Gasteiger partial charge on any atom is 0.312 e. The number of likely N-dealkylation sites (tertiary alicyclic amines) is 1. The molecule has 0 saturated carbocycles. The van der Waals surface area contributed by atoms with Crippen molar-refractivity contribution in [2.24, 2.45) is 11.8 Å². The summed E-state index contributed by atoms with van der Waals surface area (Å²) in [6.45, 7) is 6.11. The number of hydrogen-bond donors (Lipinski definition) is 1. The predicted molar refractivity (Wildman–Crippen MR) is 138 cm³/mol. The van der Waals surface area contributed by atoms with E-state index in [4.69, 9.17) is 9.47 Å². The number of esters is 1. The van der Waals surface area contributed by atoms with Gasteiger partial charge >= 0.3 is 5.97 Å². The number of aliphatic hydroxyl groups excluding tert-OH is 1. The number of amides is 2. The van der Waals surface area contributed by atoms with E-state index in [9.17, 15) is 19.5 Å². The topological polar surface area (TPSA) is 96.4 Å². The van der Waals surface area contributed by atoms with Crippen molar-refractivity contribution in [3.8, 4) is 0 Å². The maximum atomic E-state index is 14.4. The van der Waals surface area contributed by atoms with Gasteiger partial charge in [-0.2, -0.15) is 0 Å². The Bertz CT molecular complexity index is 1140. The molecule has 0 radical (unpaired) electrons. The second kappa shape index (κ2) is 10.1. The molecule has 0 aromatic heterocycles. The van der Waals surface area contributed by atoms with E-state index < -0.39 is 41.6 Å². The largest absolute Gasteiger partial charge is 0.465 e. The lowest BCUT2D eigenvalue weighted by Gasteiger charge is -2.38. The van der Waals surface area contributed by atoms with Gasteiger partial charge < -0.3 is 24.4 Å². The lowest BCUT2D eigenvalue weighted by molar-refractivity contribution is -0.155. The normalized spacial score (nSPS) is 33.4. The molecule has 0 aliphatic carbocycles. The summed E-state index contributed by atoms with van der Waals surface area (Å²) in [5.41, 5.74) is 1.40. The number of hydrogen-bond acceptors (Lipinski definition) is 6. The smallest absolute Gasteiger partial charge is 0.312 e. The summed E-state index contributed by atoms with van der Waals surface area (Å²) >= 11 is 0. The molecule has 4 aliphatic heterocycles. The zero-order valence-electron chi connectivity index (χ0n) is 21.8. The average molecular weight is 509 g/mol. The molecular weight excluding hydrogens is 472 g/mol. The molecule has 8 heteroatoms. The second-order valence-corrected chi connectivity index (χ2v) is 10.6. The molecule has 2 saturated heterocycles. The van der Waals surface area contributed by atoms with E-state index in [0.717, 1.165) is 36.1 Å². The van der Waals surface area contributed by atoms with Crippen LogP contribution in [0.5, 0.6) is 0 Å². The predicted octanol–water partition coefficient (Wildman–Crippen LogP) is 2.84. The number of cyclic esters (lactones) is 1. The first-order valence-corrected chi connectivity index (χ1v) is 13.3. The summed E-state index contributed by atoms with van der Waals surface area (Å²) in [5.74, 6) is -2.88. The highest BCUT2D eigenvalue weighted by Crippen LogP contribution is 2.54. The van der Waals surface area contributed by atoms with Gasteiger partial charge in [-0.15, -0.1) is 0 Å². The molecule has 5 rings (SSSR count). The second-order valence-electron chi connectivity index (χ2n) is 10.6. The quantitative estimate of drug-likeness (QED) is 0.496. The Kier molecular flexibility index (Phi) is 6.98. The molecule has 1 aromatic carbocycles. The number of allylic oxidation sites excluding steroid dienone is 1. The van der Waals surface area contributed by atoms with Gasteiger partial charge in [0.25, 0.3) is 5.91 Å². The van der Waals surface area contributed by atoms with E-state index in [1.54, 1.807) is 4.90 Å². The van der Waals surface area contributed by atoms with Crippen molar-refractivity contribution < 1.29 is 29.0 Å². The van der Waals surface area contributed by atoms with Crippen LogP contribution in [0.1, 0.15) is 43.7 Å². The zero-order valence-corrected chi connectivity index (χ0v) is 21.8. The summed E-state index contributed by atoms with van der Waals surface area (Å²) in [6, 6.07) is 4.35. The van der Waals surface area contributed by atoms with Gasteiger partial charge in [0.2, 0.25) is 5.91 Å². The van der Waals surface area contributed by atoms with Crippen molar-refractivity contribution in [3.63, 3.8) is 0 Å². The van der Waals surface area contributed by atoms with Crippen molar-refractivity contribution in [2.75, 3.05) is 24.7 Å². The number of carbonyl (C=O) groups excluding carboxylic acids is 3. The minimum Gasteiger partial charge on any atom is -0.465 e. The molecule has 4 heterocycles. The molecule has 37 heavy (non-hydrogen) atoms. The fourth-order valence-corrected chi connectivity index (χ4v) is 6.39. The van der Waals surface area contributed by atoms with Crippen molar-refractivity contribution >= 4 is 23.5 Å². The number of fused-ring (bicyclic) bond motifs is 2. The monoisotopic (exact) mass is 508 g/mol. The van der Waals surface area contributed by atoms with E-state index in [1.807, 2.05) is 63.3 Å². The van der Waals surface area contributed by atoms with Crippen molar-refractivity contribution in [1.29, 1.82) is 0 Å². The van der Waals surface area contributed by atoms with E-state index in [-0.39, 0.29) is 18.4 Å². The zero-order chi connectivity index (χ0) is 26.3. The van der Waals surface area contributed by atoms with Gasteiger partial charge in [0.15, 0.2) is 0 Å². The van der Waals surface area contributed by atoms with Crippen LogP contribution in [-0.4, -0.2) is 71.3 Å². The fourth-order valence-electron chi connectivity index (χ4n) is 6.39. The lowest BCUT2D eigenvalue weighted by atomic mass is 9.78. The van der Waals surface area contributed by atoms with Crippen LogP contribution < -0.4 is 4.90 Å². The van der Waals surface area contributed by atoms with E-state index in [0.29, 0.717) is 19.6 Å². The molecule has 198 valence electrons. The number of aliphatic hydroxyl groups is 1. The van der Waals surface area contributed by atoms with Gasteiger partial charge in [0, 0.05) is 12.2 Å². The number of carbonyl (C=O) groups is 3. The summed E-state index contributed by atoms with van der Waals surface area (Å²) in [5, 5.41) is 10.2. The first kappa shape index (κ1) is 25.7. The van der Waals surface area contributed by atoms with E-state index >= 15 is 0 Å². The molecule has 2 fully saturated rings. The molecule has 1 N–H and O–H groups in total. The molecule has 6 atom stereocenters. The van der Waals surface area contributed by atoms with E-state index in [2.05, 4.69) is 0 Å². The molecule has 1 unspecified atom stereocenters. The van der Waals surface area contributed by atoms with Crippen molar-refractivity contribution in [2.45, 2.75) is 70.2 Å². The highest BCUT2D eigenvalue weighted by Gasteiger charge is 2.72. The van der Waals surface area contributed by atoms with Crippen molar-refractivity contribution in [1.82, 2.24) is 4.90 Å².